The molecule has 0 atom stereocenters. The summed E-state index contributed by atoms with van der Waals surface area (Å²) in [6, 6.07) is 6.84. The molecule has 1 aromatic rings. The molecule has 106 valence electrons. The maximum Gasteiger partial charge on any atom is 0.253 e. The molecule has 2 rings (SSSR count). The van der Waals surface area contributed by atoms with E-state index in [0.29, 0.717) is 17.7 Å². The SMILES string of the molecule is CNC(=O)c1ccc(N2N=C(C(C)(C)C)CC2=O)cc1. The van der Waals surface area contributed by atoms with Crippen molar-refractivity contribution in [2.45, 2.75) is 27.2 Å². The summed E-state index contributed by atoms with van der Waals surface area (Å²) in [6.07, 6.45) is 0.348. The van der Waals surface area contributed by atoms with Crippen molar-refractivity contribution in [1.29, 1.82) is 0 Å². The van der Waals surface area contributed by atoms with Crippen LogP contribution in [0, 0.1) is 5.41 Å². The quantitative estimate of drug-likeness (QED) is 0.897. The smallest absolute Gasteiger partial charge is 0.253 e. The largest absolute Gasteiger partial charge is 0.355 e. The minimum atomic E-state index is -0.150. The average molecular weight is 273 g/mol. The van der Waals surface area contributed by atoms with E-state index in [9.17, 15) is 9.59 Å². The topological polar surface area (TPSA) is 61.8 Å². The molecule has 0 saturated heterocycles. The molecule has 5 heteroatoms. The number of benzene rings is 1. The van der Waals surface area contributed by atoms with Crippen molar-refractivity contribution in [2.24, 2.45) is 10.5 Å². The third-order valence-electron chi connectivity index (χ3n) is 3.24. The Morgan fingerprint density at radius 2 is 1.85 bits per heavy atom. The van der Waals surface area contributed by atoms with E-state index in [1.54, 1.807) is 31.3 Å². The van der Waals surface area contributed by atoms with Crippen LogP contribution in [0.15, 0.2) is 29.4 Å². The molecular formula is C15H19N3O2. The lowest BCUT2D eigenvalue weighted by Gasteiger charge is -2.16. The third-order valence-corrected chi connectivity index (χ3v) is 3.24. The molecule has 5 nitrogen and oxygen atoms in total. The zero-order valence-corrected chi connectivity index (χ0v) is 12.2. The molecule has 1 N–H and O–H groups in total. The van der Waals surface area contributed by atoms with Crippen molar-refractivity contribution >= 4 is 23.2 Å². The van der Waals surface area contributed by atoms with Crippen molar-refractivity contribution in [3.8, 4) is 0 Å². The van der Waals surface area contributed by atoms with Crippen molar-refractivity contribution in [3.05, 3.63) is 29.8 Å². The lowest BCUT2D eigenvalue weighted by atomic mass is 9.88. The van der Waals surface area contributed by atoms with Gasteiger partial charge in [0.1, 0.15) is 0 Å². The molecular weight excluding hydrogens is 254 g/mol. The molecule has 1 aliphatic rings. The second kappa shape index (κ2) is 5.07. The standard InChI is InChI=1S/C15H19N3O2/c1-15(2,3)12-9-13(19)18(17-12)11-7-5-10(6-8-11)14(20)16-4/h5-8H,9H2,1-4H3,(H,16,20). The van der Waals surface area contributed by atoms with E-state index in [1.165, 1.54) is 5.01 Å². The van der Waals surface area contributed by atoms with Crippen molar-refractivity contribution in [3.63, 3.8) is 0 Å². The number of hydrazone groups is 1. The predicted molar refractivity (Wildman–Crippen MR) is 78.8 cm³/mol. The molecule has 1 aliphatic heterocycles. The lowest BCUT2D eigenvalue weighted by molar-refractivity contribution is -0.116. The Hall–Kier alpha value is -2.17. The zero-order chi connectivity index (χ0) is 14.9. The molecule has 0 aromatic heterocycles. The van der Waals surface area contributed by atoms with Gasteiger partial charge in [-0.25, -0.2) is 5.01 Å². The minimum absolute atomic E-state index is 0.0392. The maximum absolute atomic E-state index is 12.0. The average Bonchev–Trinajstić information content (AvgIpc) is 2.80. The second-order valence-electron chi connectivity index (χ2n) is 5.81. The first-order valence-corrected chi connectivity index (χ1v) is 6.56. The van der Waals surface area contributed by atoms with E-state index in [2.05, 4.69) is 10.4 Å². The van der Waals surface area contributed by atoms with E-state index in [4.69, 9.17) is 0 Å². The van der Waals surface area contributed by atoms with Crippen LogP contribution in [-0.2, 0) is 4.79 Å². The third kappa shape index (κ3) is 2.71. The Bertz CT molecular complexity index is 568. The van der Waals surface area contributed by atoms with Crippen LogP contribution >= 0.6 is 0 Å². The maximum atomic E-state index is 12.0. The second-order valence-corrected chi connectivity index (χ2v) is 5.81. The molecule has 0 saturated carbocycles. The monoisotopic (exact) mass is 273 g/mol. The first kappa shape index (κ1) is 14.2. The highest BCUT2D eigenvalue weighted by molar-refractivity contribution is 6.14. The van der Waals surface area contributed by atoms with Crippen LogP contribution in [0.1, 0.15) is 37.6 Å². The predicted octanol–water partition coefficient (Wildman–Crippen LogP) is 2.19. The Balaban J connectivity index is 2.26. The van der Waals surface area contributed by atoms with Gasteiger partial charge in [-0.3, -0.25) is 9.59 Å². The van der Waals surface area contributed by atoms with Gasteiger partial charge in [-0.1, -0.05) is 20.8 Å². The normalized spacial score (nSPS) is 15.3. The summed E-state index contributed by atoms with van der Waals surface area (Å²) in [5, 5.41) is 8.38. The highest BCUT2D eigenvalue weighted by Gasteiger charge is 2.31. The Labute approximate surface area is 118 Å². The van der Waals surface area contributed by atoms with Gasteiger partial charge in [-0.15, -0.1) is 0 Å². The Kier molecular flexibility index (Phi) is 3.61. The van der Waals surface area contributed by atoms with Gasteiger partial charge in [0.15, 0.2) is 0 Å². The molecule has 0 unspecified atom stereocenters. The van der Waals surface area contributed by atoms with Crippen LogP contribution < -0.4 is 10.3 Å². The molecule has 0 radical (unpaired) electrons. The summed E-state index contributed by atoms with van der Waals surface area (Å²) in [6.45, 7) is 6.12. The van der Waals surface area contributed by atoms with Crippen molar-refractivity contribution in [1.82, 2.24) is 5.32 Å². The first-order valence-electron chi connectivity index (χ1n) is 6.56. The van der Waals surface area contributed by atoms with Crippen LogP contribution in [0.3, 0.4) is 0 Å². The summed E-state index contributed by atoms with van der Waals surface area (Å²) in [7, 11) is 1.58. The molecule has 2 amide bonds. The number of amides is 2. The lowest BCUT2D eigenvalue weighted by Crippen LogP contribution is -2.21. The van der Waals surface area contributed by atoms with E-state index in [0.717, 1.165) is 5.71 Å². The fourth-order valence-corrected chi connectivity index (χ4v) is 1.95. The van der Waals surface area contributed by atoms with Crippen LogP contribution in [0.4, 0.5) is 5.69 Å². The summed E-state index contributed by atoms with van der Waals surface area (Å²) < 4.78 is 0. The van der Waals surface area contributed by atoms with Gasteiger partial charge in [0.25, 0.3) is 11.8 Å². The minimum Gasteiger partial charge on any atom is -0.355 e. The van der Waals surface area contributed by atoms with Gasteiger partial charge >= 0.3 is 0 Å². The summed E-state index contributed by atoms with van der Waals surface area (Å²) in [5.41, 5.74) is 2.00. The molecule has 20 heavy (non-hydrogen) atoms. The fourth-order valence-electron chi connectivity index (χ4n) is 1.95. The van der Waals surface area contributed by atoms with E-state index >= 15 is 0 Å². The number of hydrogen-bond acceptors (Lipinski definition) is 3. The Morgan fingerprint density at radius 1 is 1.25 bits per heavy atom. The highest BCUT2D eigenvalue weighted by atomic mass is 16.2. The zero-order valence-electron chi connectivity index (χ0n) is 12.2. The van der Waals surface area contributed by atoms with Gasteiger partial charge < -0.3 is 5.32 Å². The molecule has 1 aromatic carbocycles. The molecule has 0 fully saturated rings. The van der Waals surface area contributed by atoms with Crippen LogP contribution in [0.2, 0.25) is 0 Å². The molecule has 0 spiro atoms. The summed E-state index contributed by atoms with van der Waals surface area (Å²) in [5.74, 6) is -0.189. The van der Waals surface area contributed by atoms with E-state index < -0.39 is 0 Å². The van der Waals surface area contributed by atoms with Gasteiger partial charge in [0.2, 0.25) is 0 Å². The first-order chi connectivity index (χ1) is 9.32. The number of nitrogens with zero attached hydrogens (tertiary/aromatic N) is 2. The highest BCUT2D eigenvalue weighted by Crippen LogP contribution is 2.28. The van der Waals surface area contributed by atoms with Crippen molar-refractivity contribution < 1.29 is 9.59 Å². The van der Waals surface area contributed by atoms with E-state index in [1.807, 2.05) is 20.8 Å². The molecule has 0 bridgehead atoms. The number of rotatable bonds is 2. The van der Waals surface area contributed by atoms with Gasteiger partial charge in [0, 0.05) is 18.0 Å². The summed E-state index contributed by atoms with van der Waals surface area (Å²) in [4.78, 5) is 23.5. The van der Waals surface area contributed by atoms with Crippen molar-refractivity contribution in [2.75, 3.05) is 12.1 Å². The van der Waals surface area contributed by atoms with Crippen LogP contribution in [0.25, 0.3) is 0 Å². The number of carbonyl (C=O) groups is 2. The Morgan fingerprint density at radius 3 is 2.30 bits per heavy atom. The van der Waals surface area contributed by atoms with Crippen LogP contribution in [-0.4, -0.2) is 24.6 Å². The summed E-state index contributed by atoms with van der Waals surface area (Å²) >= 11 is 0. The number of nitrogens with one attached hydrogen (secondary N) is 1. The van der Waals surface area contributed by atoms with Gasteiger partial charge in [0.05, 0.1) is 17.8 Å². The molecule has 0 aliphatic carbocycles. The number of hydrogen-bond donors (Lipinski definition) is 1. The van der Waals surface area contributed by atoms with Gasteiger partial charge in [-0.05, 0) is 24.3 Å². The number of carbonyl (C=O) groups excluding carboxylic acids is 2. The molecule has 1 heterocycles. The fraction of sp³-hybridized carbons (Fsp3) is 0.400. The van der Waals surface area contributed by atoms with Gasteiger partial charge in [-0.2, -0.15) is 5.10 Å². The van der Waals surface area contributed by atoms with E-state index in [-0.39, 0.29) is 17.2 Å². The number of anilines is 1. The van der Waals surface area contributed by atoms with Crippen LogP contribution in [0.5, 0.6) is 0 Å².